The molecule has 0 heterocycles. The number of nitro groups is 1. The maximum atomic E-state index is 10.8. The largest absolute Gasteiger partial charge is 0.484 e. The van der Waals surface area contributed by atoms with Gasteiger partial charge in [-0.3, -0.25) is 10.1 Å². The van der Waals surface area contributed by atoms with E-state index in [0.29, 0.717) is 5.02 Å². The van der Waals surface area contributed by atoms with Gasteiger partial charge < -0.3 is 4.74 Å². The number of ether oxygens (including phenoxy) is 1. The summed E-state index contributed by atoms with van der Waals surface area (Å²) >= 11 is 5.78. The van der Waals surface area contributed by atoms with Crippen molar-refractivity contribution in [1.82, 2.24) is 0 Å². The number of nitrogens with zero attached hydrogens (tertiary/aromatic N) is 1. The Morgan fingerprint density at radius 3 is 2.81 bits per heavy atom. The van der Waals surface area contributed by atoms with Crippen molar-refractivity contribution >= 4 is 17.3 Å². The maximum absolute atomic E-state index is 10.8. The molecule has 1 aromatic rings. The van der Waals surface area contributed by atoms with Gasteiger partial charge in [0.2, 0.25) is 0 Å². The third kappa shape index (κ3) is 3.38. The summed E-state index contributed by atoms with van der Waals surface area (Å²) in [7, 11) is 0. The van der Waals surface area contributed by atoms with E-state index in [4.69, 9.17) is 16.3 Å². The van der Waals surface area contributed by atoms with Crippen LogP contribution in [0.4, 0.5) is 5.69 Å². The van der Waals surface area contributed by atoms with Crippen LogP contribution in [0, 0.1) is 10.1 Å². The standard InChI is InChI=1S/C11H14ClNO3/c1-3-4-8(2)16-11-7-9(12)5-6-10(11)13(14)15/h5-8H,3-4H2,1-2H3. The molecule has 0 radical (unpaired) electrons. The van der Waals surface area contributed by atoms with Crippen LogP contribution in [0.2, 0.25) is 5.02 Å². The zero-order chi connectivity index (χ0) is 12.1. The van der Waals surface area contributed by atoms with Gasteiger partial charge in [-0.25, -0.2) is 0 Å². The summed E-state index contributed by atoms with van der Waals surface area (Å²) in [5, 5.41) is 11.2. The summed E-state index contributed by atoms with van der Waals surface area (Å²) in [5.41, 5.74) is -0.0487. The highest BCUT2D eigenvalue weighted by atomic mass is 35.5. The van der Waals surface area contributed by atoms with Crippen molar-refractivity contribution in [2.45, 2.75) is 32.8 Å². The molecule has 1 atom stereocenters. The first-order valence-corrected chi connectivity index (χ1v) is 5.53. The first-order valence-electron chi connectivity index (χ1n) is 5.15. The Kier molecular flexibility index (Phi) is 4.55. The maximum Gasteiger partial charge on any atom is 0.311 e. The Balaban J connectivity index is 2.92. The first-order chi connectivity index (χ1) is 7.54. The van der Waals surface area contributed by atoms with Gasteiger partial charge in [-0.2, -0.15) is 0 Å². The van der Waals surface area contributed by atoms with Crippen molar-refractivity contribution in [3.63, 3.8) is 0 Å². The number of rotatable bonds is 5. The molecule has 0 bridgehead atoms. The third-order valence-electron chi connectivity index (χ3n) is 2.14. The van der Waals surface area contributed by atoms with E-state index in [-0.39, 0.29) is 17.5 Å². The predicted molar refractivity (Wildman–Crippen MR) is 63.1 cm³/mol. The van der Waals surface area contributed by atoms with E-state index in [1.165, 1.54) is 18.2 Å². The summed E-state index contributed by atoms with van der Waals surface area (Å²) in [4.78, 5) is 10.3. The predicted octanol–water partition coefficient (Wildman–Crippen LogP) is 3.82. The molecule has 0 saturated heterocycles. The minimum absolute atomic E-state index is 0.0487. The normalized spacial score (nSPS) is 12.2. The van der Waals surface area contributed by atoms with Crippen molar-refractivity contribution in [3.05, 3.63) is 33.3 Å². The van der Waals surface area contributed by atoms with Gasteiger partial charge in [-0.1, -0.05) is 24.9 Å². The third-order valence-corrected chi connectivity index (χ3v) is 2.38. The fourth-order valence-electron chi connectivity index (χ4n) is 1.42. The SMILES string of the molecule is CCCC(C)Oc1cc(Cl)ccc1[N+](=O)[O-]. The van der Waals surface area contributed by atoms with E-state index in [1.54, 1.807) is 0 Å². The van der Waals surface area contributed by atoms with E-state index >= 15 is 0 Å². The van der Waals surface area contributed by atoms with Crippen molar-refractivity contribution in [2.75, 3.05) is 0 Å². The molecule has 0 amide bonds. The van der Waals surface area contributed by atoms with Crippen molar-refractivity contribution in [2.24, 2.45) is 0 Å². The highest BCUT2D eigenvalue weighted by molar-refractivity contribution is 6.30. The lowest BCUT2D eigenvalue weighted by molar-refractivity contribution is -0.386. The molecule has 0 aliphatic carbocycles. The lowest BCUT2D eigenvalue weighted by Crippen LogP contribution is -2.12. The number of hydrogen-bond donors (Lipinski definition) is 0. The van der Waals surface area contributed by atoms with Gasteiger partial charge >= 0.3 is 5.69 Å². The molecular weight excluding hydrogens is 230 g/mol. The minimum atomic E-state index is -0.468. The molecule has 0 fully saturated rings. The minimum Gasteiger partial charge on any atom is -0.484 e. The fraction of sp³-hybridized carbons (Fsp3) is 0.455. The number of hydrogen-bond acceptors (Lipinski definition) is 3. The van der Waals surface area contributed by atoms with Gasteiger partial charge in [0.15, 0.2) is 5.75 Å². The average Bonchev–Trinajstić information content (AvgIpc) is 2.17. The molecule has 0 aromatic heterocycles. The van der Waals surface area contributed by atoms with Crippen molar-refractivity contribution in [3.8, 4) is 5.75 Å². The Bertz CT molecular complexity index is 381. The van der Waals surface area contributed by atoms with Gasteiger partial charge in [0.05, 0.1) is 11.0 Å². The van der Waals surface area contributed by atoms with Gasteiger partial charge in [0.25, 0.3) is 0 Å². The van der Waals surface area contributed by atoms with Crippen LogP contribution in [-0.2, 0) is 0 Å². The molecule has 0 spiro atoms. The van der Waals surface area contributed by atoms with Crippen LogP contribution in [-0.4, -0.2) is 11.0 Å². The van der Waals surface area contributed by atoms with Gasteiger partial charge in [-0.05, 0) is 19.4 Å². The molecular formula is C11H14ClNO3. The lowest BCUT2D eigenvalue weighted by atomic mass is 10.2. The summed E-state index contributed by atoms with van der Waals surface area (Å²) in [6.45, 7) is 3.92. The highest BCUT2D eigenvalue weighted by Crippen LogP contribution is 2.31. The molecule has 1 aromatic carbocycles. The number of nitro benzene ring substituents is 1. The second-order valence-electron chi connectivity index (χ2n) is 3.59. The van der Waals surface area contributed by atoms with Gasteiger partial charge in [0.1, 0.15) is 0 Å². The molecule has 0 saturated carbocycles. The van der Waals surface area contributed by atoms with E-state index in [9.17, 15) is 10.1 Å². The van der Waals surface area contributed by atoms with Gasteiger partial charge in [-0.15, -0.1) is 0 Å². The molecule has 5 heteroatoms. The van der Waals surface area contributed by atoms with Crippen LogP contribution in [0.25, 0.3) is 0 Å². The van der Waals surface area contributed by atoms with E-state index in [2.05, 4.69) is 0 Å². The lowest BCUT2D eigenvalue weighted by Gasteiger charge is -2.13. The molecule has 16 heavy (non-hydrogen) atoms. The van der Waals surface area contributed by atoms with Crippen molar-refractivity contribution in [1.29, 1.82) is 0 Å². The average molecular weight is 244 g/mol. The van der Waals surface area contributed by atoms with E-state index in [0.717, 1.165) is 12.8 Å². The van der Waals surface area contributed by atoms with Gasteiger partial charge in [0, 0.05) is 17.2 Å². The van der Waals surface area contributed by atoms with Crippen LogP contribution < -0.4 is 4.74 Å². The summed E-state index contributed by atoms with van der Waals surface area (Å²) in [5.74, 6) is 0.235. The second kappa shape index (κ2) is 5.70. The second-order valence-corrected chi connectivity index (χ2v) is 4.02. The van der Waals surface area contributed by atoms with Crippen LogP contribution in [0.5, 0.6) is 5.75 Å². The fourth-order valence-corrected chi connectivity index (χ4v) is 1.58. The molecule has 4 nitrogen and oxygen atoms in total. The Morgan fingerprint density at radius 2 is 2.25 bits per heavy atom. The summed E-state index contributed by atoms with van der Waals surface area (Å²) in [6.07, 6.45) is 1.77. The van der Waals surface area contributed by atoms with Crippen molar-refractivity contribution < 1.29 is 9.66 Å². The zero-order valence-corrected chi connectivity index (χ0v) is 10.0. The Hall–Kier alpha value is -1.29. The summed E-state index contributed by atoms with van der Waals surface area (Å²) in [6, 6.07) is 4.32. The molecule has 1 rings (SSSR count). The molecule has 0 aliphatic rings. The van der Waals surface area contributed by atoms with Crippen LogP contribution >= 0.6 is 11.6 Å². The van der Waals surface area contributed by atoms with E-state index < -0.39 is 4.92 Å². The Morgan fingerprint density at radius 1 is 1.56 bits per heavy atom. The first kappa shape index (κ1) is 12.8. The topological polar surface area (TPSA) is 52.4 Å². The molecule has 0 N–H and O–H groups in total. The smallest absolute Gasteiger partial charge is 0.311 e. The molecule has 0 aliphatic heterocycles. The highest BCUT2D eigenvalue weighted by Gasteiger charge is 2.17. The van der Waals surface area contributed by atoms with Crippen LogP contribution in [0.1, 0.15) is 26.7 Å². The Labute approximate surface area is 99.3 Å². The quantitative estimate of drug-likeness (QED) is 0.584. The molecule has 88 valence electrons. The van der Waals surface area contributed by atoms with Crippen LogP contribution in [0.3, 0.4) is 0 Å². The summed E-state index contributed by atoms with van der Waals surface area (Å²) < 4.78 is 5.50. The molecule has 1 unspecified atom stereocenters. The number of benzene rings is 1. The number of halogens is 1. The van der Waals surface area contributed by atoms with E-state index in [1.807, 2.05) is 13.8 Å². The van der Waals surface area contributed by atoms with Crippen LogP contribution in [0.15, 0.2) is 18.2 Å². The monoisotopic (exact) mass is 243 g/mol. The zero-order valence-electron chi connectivity index (χ0n) is 9.27.